The molecule has 1 heterocycles. The summed E-state index contributed by atoms with van der Waals surface area (Å²) in [6.45, 7) is 2.64. The van der Waals surface area contributed by atoms with E-state index < -0.39 is 10.0 Å². The fraction of sp³-hybridized carbons (Fsp3) is 0.357. The molecule has 2 aromatic rings. The Bertz CT molecular complexity index is 705. The standard InChI is InChI=1S/C14H20N4O2S/c1-4-13-14(10-18(3)16-13)17-21(19,20)12-7-5-11(6-8-12)9-15-2/h5-8,10,15,17H,4,9H2,1-3H3. The van der Waals surface area contributed by atoms with Gasteiger partial charge in [-0.05, 0) is 31.2 Å². The van der Waals surface area contributed by atoms with Crippen molar-refractivity contribution in [3.63, 3.8) is 0 Å². The van der Waals surface area contributed by atoms with E-state index in [1.54, 1.807) is 42.2 Å². The molecule has 0 aliphatic heterocycles. The summed E-state index contributed by atoms with van der Waals surface area (Å²) in [5.74, 6) is 0. The molecule has 114 valence electrons. The highest BCUT2D eigenvalue weighted by molar-refractivity contribution is 7.92. The van der Waals surface area contributed by atoms with Crippen LogP contribution in [0.3, 0.4) is 0 Å². The monoisotopic (exact) mass is 308 g/mol. The third kappa shape index (κ3) is 3.62. The Morgan fingerprint density at radius 1 is 1.24 bits per heavy atom. The van der Waals surface area contributed by atoms with E-state index in [-0.39, 0.29) is 4.90 Å². The van der Waals surface area contributed by atoms with Crippen LogP contribution in [0.25, 0.3) is 0 Å². The van der Waals surface area contributed by atoms with Gasteiger partial charge in [-0.25, -0.2) is 8.42 Å². The second kappa shape index (κ2) is 6.28. The maximum atomic E-state index is 12.4. The summed E-state index contributed by atoms with van der Waals surface area (Å²) in [4.78, 5) is 0.244. The molecular weight excluding hydrogens is 288 g/mol. The quantitative estimate of drug-likeness (QED) is 0.848. The molecular formula is C14H20N4O2S. The zero-order valence-electron chi connectivity index (χ0n) is 12.4. The Labute approximate surface area is 125 Å². The van der Waals surface area contributed by atoms with Gasteiger partial charge in [-0.15, -0.1) is 0 Å². The van der Waals surface area contributed by atoms with Crippen LogP contribution in [-0.4, -0.2) is 25.2 Å². The van der Waals surface area contributed by atoms with Crippen molar-refractivity contribution in [2.45, 2.75) is 24.8 Å². The van der Waals surface area contributed by atoms with Gasteiger partial charge in [-0.3, -0.25) is 9.40 Å². The van der Waals surface area contributed by atoms with Crippen molar-refractivity contribution in [1.82, 2.24) is 15.1 Å². The molecule has 2 N–H and O–H groups in total. The van der Waals surface area contributed by atoms with Crippen LogP contribution in [0.4, 0.5) is 5.69 Å². The lowest BCUT2D eigenvalue weighted by Gasteiger charge is -2.08. The average Bonchev–Trinajstić information content (AvgIpc) is 2.79. The first-order chi connectivity index (χ1) is 9.96. The molecule has 0 saturated heterocycles. The molecule has 0 aliphatic rings. The van der Waals surface area contributed by atoms with Crippen LogP contribution in [0.5, 0.6) is 0 Å². The first kappa shape index (κ1) is 15.5. The van der Waals surface area contributed by atoms with Gasteiger partial charge in [0.05, 0.1) is 16.3 Å². The lowest BCUT2D eigenvalue weighted by Crippen LogP contribution is -2.14. The van der Waals surface area contributed by atoms with E-state index in [0.717, 1.165) is 11.3 Å². The summed E-state index contributed by atoms with van der Waals surface area (Å²) in [6, 6.07) is 6.82. The summed E-state index contributed by atoms with van der Waals surface area (Å²) in [6.07, 6.45) is 2.34. The fourth-order valence-corrected chi connectivity index (χ4v) is 3.15. The van der Waals surface area contributed by atoms with Gasteiger partial charge in [0.2, 0.25) is 0 Å². The van der Waals surface area contributed by atoms with Crippen LogP contribution in [-0.2, 0) is 30.0 Å². The van der Waals surface area contributed by atoms with Crippen molar-refractivity contribution < 1.29 is 8.42 Å². The molecule has 1 aromatic carbocycles. The molecule has 0 spiro atoms. The topological polar surface area (TPSA) is 76.0 Å². The highest BCUT2D eigenvalue weighted by atomic mass is 32.2. The molecule has 1 aromatic heterocycles. The normalized spacial score (nSPS) is 11.6. The number of aromatic nitrogens is 2. The zero-order valence-corrected chi connectivity index (χ0v) is 13.2. The first-order valence-corrected chi connectivity index (χ1v) is 8.23. The van der Waals surface area contributed by atoms with Crippen LogP contribution in [0.1, 0.15) is 18.2 Å². The van der Waals surface area contributed by atoms with Crippen LogP contribution >= 0.6 is 0 Å². The van der Waals surface area contributed by atoms with Crippen LogP contribution in [0.2, 0.25) is 0 Å². The first-order valence-electron chi connectivity index (χ1n) is 6.75. The third-order valence-electron chi connectivity index (χ3n) is 3.10. The second-order valence-electron chi connectivity index (χ2n) is 4.80. The molecule has 0 radical (unpaired) electrons. The van der Waals surface area contributed by atoms with Crippen LogP contribution in [0.15, 0.2) is 35.4 Å². The summed E-state index contributed by atoms with van der Waals surface area (Å²) < 4.78 is 29.0. The highest BCUT2D eigenvalue weighted by Crippen LogP contribution is 2.19. The highest BCUT2D eigenvalue weighted by Gasteiger charge is 2.17. The lowest BCUT2D eigenvalue weighted by atomic mass is 10.2. The summed E-state index contributed by atoms with van der Waals surface area (Å²) in [5, 5.41) is 7.25. The maximum Gasteiger partial charge on any atom is 0.262 e. The fourth-order valence-electron chi connectivity index (χ4n) is 2.08. The van der Waals surface area contributed by atoms with E-state index in [0.29, 0.717) is 18.7 Å². The lowest BCUT2D eigenvalue weighted by molar-refractivity contribution is 0.601. The SMILES string of the molecule is CCc1nn(C)cc1NS(=O)(=O)c1ccc(CNC)cc1. The maximum absolute atomic E-state index is 12.4. The van der Waals surface area contributed by atoms with Crippen molar-refractivity contribution >= 4 is 15.7 Å². The number of sulfonamides is 1. The van der Waals surface area contributed by atoms with Crippen molar-refractivity contribution in [3.05, 3.63) is 41.7 Å². The number of nitrogens with zero attached hydrogens (tertiary/aromatic N) is 2. The molecule has 0 bridgehead atoms. The van der Waals surface area contributed by atoms with Gasteiger partial charge in [0.15, 0.2) is 0 Å². The number of rotatable bonds is 6. The minimum Gasteiger partial charge on any atom is -0.316 e. The van der Waals surface area contributed by atoms with Gasteiger partial charge in [0, 0.05) is 19.8 Å². The summed E-state index contributed by atoms with van der Waals surface area (Å²) in [5.41, 5.74) is 2.29. The minimum absolute atomic E-state index is 0.244. The Kier molecular flexibility index (Phi) is 4.64. The van der Waals surface area contributed by atoms with Gasteiger partial charge < -0.3 is 5.32 Å². The zero-order chi connectivity index (χ0) is 15.5. The molecule has 0 fully saturated rings. The Hall–Kier alpha value is -1.86. The van der Waals surface area contributed by atoms with Crippen LogP contribution < -0.4 is 10.0 Å². The Balaban J connectivity index is 2.25. The summed E-state index contributed by atoms with van der Waals surface area (Å²) in [7, 11) is 0.0274. The van der Waals surface area contributed by atoms with Crippen molar-refractivity contribution in [2.75, 3.05) is 11.8 Å². The van der Waals surface area contributed by atoms with E-state index in [1.807, 2.05) is 14.0 Å². The van der Waals surface area contributed by atoms with Crippen molar-refractivity contribution in [3.8, 4) is 0 Å². The summed E-state index contributed by atoms with van der Waals surface area (Å²) >= 11 is 0. The molecule has 2 rings (SSSR count). The van der Waals surface area contributed by atoms with E-state index in [4.69, 9.17) is 0 Å². The van der Waals surface area contributed by atoms with E-state index in [9.17, 15) is 8.42 Å². The van der Waals surface area contributed by atoms with E-state index in [1.165, 1.54) is 0 Å². The number of hydrogen-bond acceptors (Lipinski definition) is 4. The second-order valence-corrected chi connectivity index (χ2v) is 6.48. The third-order valence-corrected chi connectivity index (χ3v) is 4.48. The molecule has 7 heteroatoms. The van der Waals surface area contributed by atoms with E-state index >= 15 is 0 Å². The Morgan fingerprint density at radius 2 is 1.90 bits per heavy atom. The molecule has 0 amide bonds. The van der Waals surface area contributed by atoms with Crippen molar-refractivity contribution in [2.24, 2.45) is 7.05 Å². The number of aryl methyl sites for hydroxylation is 2. The minimum atomic E-state index is -3.59. The van der Waals surface area contributed by atoms with Gasteiger partial charge in [0.1, 0.15) is 0 Å². The molecule has 6 nitrogen and oxygen atoms in total. The average molecular weight is 308 g/mol. The van der Waals surface area contributed by atoms with Gasteiger partial charge in [-0.1, -0.05) is 19.1 Å². The molecule has 21 heavy (non-hydrogen) atoms. The molecule has 0 saturated carbocycles. The predicted octanol–water partition coefficient (Wildman–Crippen LogP) is 1.50. The Morgan fingerprint density at radius 3 is 2.48 bits per heavy atom. The predicted molar refractivity (Wildman–Crippen MR) is 82.6 cm³/mol. The number of benzene rings is 1. The van der Waals surface area contributed by atoms with Crippen LogP contribution in [0, 0.1) is 0 Å². The largest absolute Gasteiger partial charge is 0.316 e. The number of nitrogens with one attached hydrogen (secondary N) is 2. The van der Waals surface area contributed by atoms with Crippen molar-refractivity contribution in [1.29, 1.82) is 0 Å². The van der Waals surface area contributed by atoms with Gasteiger partial charge in [-0.2, -0.15) is 5.10 Å². The molecule has 0 unspecified atom stereocenters. The van der Waals surface area contributed by atoms with Gasteiger partial charge in [0.25, 0.3) is 10.0 Å². The molecule has 0 atom stereocenters. The number of anilines is 1. The van der Waals surface area contributed by atoms with Gasteiger partial charge >= 0.3 is 0 Å². The molecule has 0 aliphatic carbocycles. The van der Waals surface area contributed by atoms with E-state index in [2.05, 4.69) is 15.1 Å². The smallest absolute Gasteiger partial charge is 0.262 e. The number of hydrogen-bond donors (Lipinski definition) is 2.